The van der Waals surface area contributed by atoms with E-state index in [-0.39, 0.29) is 47.3 Å². The molecule has 0 spiro atoms. The molecule has 1 aromatic carbocycles. The zero-order valence-corrected chi connectivity index (χ0v) is 15.8. The van der Waals surface area contributed by atoms with Gasteiger partial charge in [0.2, 0.25) is 5.88 Å². The number of para-hydroxylation sites is 1. The summed E-state index contributed by atoms with van der Waals surface area (Å²) in [6.07, 6.45) is -0.460. The number of rotatable bonds is 7. The Labute approximate surface area is 166 Å². The van der Waals surface area contributed by atoms with E-state index in [1.165, 1.54) is 24.3 Å². The first-order valence-electron chi connectivity index (χ1n) is 8.72. The van der Waals surface area contributed by atoms with Crippen LogP contribution in [-0.2, 0) is 23.8 Å². The van der Waals surface area contributed by atoms with Gasteiger partial charge < -0.3 is 19.9 Å². The third kappa shape index (κ3) is 4.52. The number of esters is 2. The molecule has 1 unspecified atom stereocenters. The second kappa shape index (κ2) is 9.36. The quantitative estimate of drug-likeness (QED) is 0.411. The van der Waals surface area contributed by atoms with Gasteiger partial charge in [0.15, 0.2) is 0 Å². The molecular weight excluding hydrogens is 382 g/mol. The summed E-state index contributed by atoms with van der Waals surface area (Å²) in [4.78, 5) is 35.6. The van der Waals surface area contributed by atoms with Crippen LogP contribution in [0, 0.1) is 21.4 Å². The van der Waals surface area contributed by atoms with Gasteiger partial charge in [-0.05, 0) is 13.8 Å². The fourth-order valence-corrected chi connectivity index (χ4v) is 2.93. The van der Waals surface area contributed by atoms with Crippen molar-refractivity contribution < 1.29 is 28.7 Å². The summed E-state index contributed by atoms with van der Waals surface area (Å²) >= 11 is 0. The third-order valence-corrected chi connectivity index (χ3v) is 4.05. The Morgan fingerprint density at radius 1 is 1.28 bits per heavy atom. The summed E-state index contributed by atoms with van der Waals surface area (Å²) in [6.45, 7) is 3.28. The zero-order chi connectivity index (χ0) is 21.6. The predicted molar refractivity (Wildman–Crippen MR) is 98.7 cm³/mol. The summed E-state index contributed by atoms with van der Waals surface area (Å²) in [5.41, 5.74) is 5.16. The van der Waals surface area contributed by atoms with Crippen molar-refractivity contribution in [2.45, 2.75) is 26.2 Å². The van der Waals surface area contributed by atoms with Crippen LogP contribution in [0.25, 0.3) is 0 Å². The lowest BCUT2D eigenvalue weighted by Gasteiger charge is -2.27. The van der Waals surface area contributed by atoms with Gasteiger partial charge in [-0.1, -0.05) is 18.2 Å². The molecule has 29 heavy (non-hydrogen) atoms. The van der Waals surface area contributed by atoms with Crippen LogP contribution in [0.5, 0.6) is 0 Å². The van der Waals surface area contributed by atoms with Crippen LogP contribution >= 0.6 is 0 Å². The number of ether oxygens (including phenoxy) is 3. The molecule has 1 aliphatic rings. The van der Waals surface area contributed by atoms with E-state index in [0.717, 1.165) is 0 Å². The lowest BCUT2D eigenvalue weighted by Crippen LogP contribution is -2.27. The van der Waals surface area contributed by atoms with E-state index < -0.39 is 29.2 Å². The normalized spacial score (nSPS) is 16.0. The number of hydrogen-bond acceptors (Lipinski definition) is 9. The summed E-state index contributed by atoms with van der Waals surface area (Å²) in [5, 5.41) is 21.1. The Kier molecular flexibility index (Phi) is 6.92. The van der Waals surface area contributed by atoms with Gasteiger partial charge in [0, 0.05) is 11.6 Å². The van der Waals surface area contributed by atoms with E-state index in [1.807, 2.05) is 6.07 Å². The first-order chi connectivity index (χ1) is 13.8. The van der Waals surface area contributed by atoms with Gasteiger partial charge in [0.1, 0.15) is 23.8 Å². The SMILES string of the molecule is CCOC(=O)CC1=C(C(=O)OCC)C(c2ccccc2[N+](=O)[O-])C(C#N)=C(N)O1. The minimum atomic E-state index is -1.24. The minimum absolute atomic E-state index is 0.000292. The molecule has 0 amide bonds. The fourth-order valence-electron chi connectivity index (χ4n) is 2.93. The molecule has 1 aromatic rings. The van der Waals surface area contributed by atoms with Gasteiger partial charge in [-0.3, -0.25) is 14.9 Å². The van der Waals surface area contributed by atoms with Gasteiger partial charge >= 0.3 is 11.9 Å². The summed E-state index contributed by atoms with van der Waals surface area (Å²) in [5.74, 6) is -3.35. The molecule has 0 aliphatic carbocycles. The summed E-state index contributed by atoms with van der Waals surface area (Å²) in [6, 6.07) is 7.46. The topological polar surface area (TPSA) is 155 Å². The molecule has 0 radical (unpaired) electrons. The highest BCUT2D eigenvalue weighted by atomic mass is 16.6. The average Bonchev–Trinajstić information content (AvgIpc) is 2.67. The molecule has 0 fully saturated rings. The largest absolute Gasteiger partial charge is 0.466 e. The van der Waals surface area contributed by atoms with Crippen LogP contribution in [-0.4, -0.2) is 30.1 Å². The summed E-state index contributed by atoms with van der Waals surface area (Å²) in [7, 11) is 0. The number of nitrogens with two attached hydrogens (primary N) is 1. The molecule has 1 atom stereocenters. The maximum atomic E-state index is 12.7. The van der Waals surface area contributed by atoms with Crippen LogP contribution in [0.4, 0.5) is 5.69 Å². The van der Waals surface area contributed by atoms with Gasteiger partial charge in [-0.25, -0.2) is 4.79 Å². The Hall–Kier alpha value is -3.87. The third-order valence-electron chi connectivity index (χ3n) is 4.05. The van der Waals surface area contributed by atoms with E-state index >= 15 is 0 Å². The molecule has 1 heterocycles. The van der Waals surface area contributed by atoms with Crippen molar-refractivity contribution in [1.82, 2.24) is 0 Å². The minimum Gasteiger partial charge on any atom is -0.466 e. The van der Waals surface area contributed by atoms with E-state index in [4.69, 9.17) is 19.9 Å². The fraction of sp³-hybridized carbons (Fsp3) is 0.316. The van der Waals surface area contributed by atoms with Crippen LogP contribution in [0.3, 0.4) is 0 Å². The van der Waals surface area contributed by atoms with E-state index in [2.05, 4.69) is 0 Å². The van der Waals surface area contributed by atoms with Crippen molar-refractivity contribution in [3.8, 4) is 6.07 Å². The molecule has 152 valence electrons. The Balaban J connectivity index is 2.75. The molecule has 0 saturated carbocycles. The first kappa shape index (κ1) is 21.4. The monoisotopic (exact) mass is 401 g/mol. The highest BCUT2D eigenvalue weighted by Gasteiger charge is 2.41. The molecule has 10 heteroatoms. The average molecular weight is 401 g/mol. The highest BCUT2D eigenvalue weighted by molar-refractivity contribution is 5.94. The van der Waals surface area contributed by atoms with Crippen LogP contribution < -0.4 is 5.73 Å². The van der Waals surface area contributed by atoms with Crippen molar-refractivity contribution in [2.75, 3.05) is 13.2 Å². The number of carbonyl (C=O) groups is 2. The molecule has 2 N–H and O–H groups in total. The second-order valence-corrected chi connectivity index (χ2v) is 5.78. The van der Waals surface area contributed by atoms with Crippen LogP contribution in [0.2, 0.25) is 0 Å². The number of nitro benzene ring substituents is 1. The van der Waals surface area contributed by atoms with Crippen molar-refractivity contribution in [3.05, 3.63) is 62.7 Å². The molecule has 10 nitrogen and oxygen atoms in total. The van der Waals surface area contributed by atoms with Crippen LogP contribution in [0.15, 0.2) is 47.1 Å². The van der Waals surface area contributed by atoms with E-state index in [9.17, 15) is 25.0 Å². The van der Waals surface area contributed by atoms with Crippen LogP contribution in [0.1, 0.15) is 31.7 Å². The van der Waals surface area contributed by atoms with Crippen molar-refractivity contribution in [1.29, 1.82) is 5.26 Å². The second-order valence-electron chi connectivity index (χ2n) is 5.78. The molecule has 0 bridgehead atoms. The maximum absolute atomic E-state index is 12.7. The predicted octanol–water partition coefficient (Wildman–Crippen LogP) is 2.17. The molecule has 0 saturated heterocycles. The van der Waals surface area contributed by atoms with Gasteiger partial charge in [-0.15, -0.1) is 0 Å². The number of carbonyl (C=O) groups excluding carboxylic acids is 2. The Morgan fingerprint density at radius 3 is 2.52 bits per heavy atom. The zero-order valence-electron chi connectivity index (χ0n) is 15.8. The smallest absolute Gasteiger partial charge is 0.338 e. The number of allylic oxidation sites excluding steroid dienone is 1. The Bertz CT molecular complexity index is 943. The standard InChI is InChI=1S/C19H19N3O7/c1-3-27-15(23)9-14-17(19(24)28-4-2)16(12(10-20)18(21)29-14)11-7-5-6-8-13(11)22(25)26/h5-8,16H,3-4,9,21H2,1-2H3. The number of nitrogens with zero attached hydrogens (tertiary/aromatic N) is 2. The summed E-state index contributed by atoms with van der Waals surface area (Å²) < 4.78 is 15.3. The van der Waals surface area contributed by atoms with Crippen molar-refractivity contribution >= 4 is 17.6 Å². The number of benzene rings is 1. The first-order valence-corrected chi connectivity index (χ1v) is 8.72. The molecule has 1 aliphatic heterocycles. The van der Waals surface area contributed by atoms with Gasteiger partial charge in [-0.2, -0.15) is 5.26 Å². The maximum Gasteiger partial charge on any atom is 0.338 e. The number of nitriles is 1. The number of nitro groups is 1. The lowest BCUT2D eigenvalue weighted by atomic mass is 9.81. The highest BCUT2D eigenvalue weighted by Crippen LogP contribution is 2.43. The lowest BCUT2D eigenvalue weighted by molar-refractivity contribution is -0.385. The van der Waals surface area contributed by atoms with Gasteiger partial charge in [0.05, 0.1) is 29.6 Å². The van der Waals surface area contributed by atoms with E-state index in [0.29, 0.717) is 0 Å². The van der Waals surface area contributed by atoms with Crippen molar-refractivity contribution in [3.63, 3.8) is 0 Å². The Morgan fingerprint density at radius 2 is 1.93 bits per heavy atom. The molecular formula is C19H19N3O7. The van der Waals surface area contributed by atoms with Gasteiger partial charge in [0.25, 0.3) is 5.69 Å². The van der Waals surface area contributed by atoms with E-state index in [1.54, 1.807) is 13.8 Å². The van der Waals surface area contributed by atoms with Crippen molar-refractivity contribution in [2.24, 2.45) is 5.73 Å². The molecule has 2 rings (SSSR count). The number of hydrogen-bond donors (Lipinski definition) is 1. The molecule has 0 aromatic heterocycles.